The summed E-state index contributed by atoms with van der Waals surface area (Å²) in [5, 5.41) is 10.4. The first kappa shape index (κ1) is 15.9. The molecular weight excluding hydrogens is 338 g/mol. The van der Waals surface area contributed by atoms with E-state index >= 15 is 0 Å². The summed E-state index contributed by atoms with van der Waals surface area (Å²) >= 11 is 0. The molecule has 0 aliphatic carbocycles. The molecule has 1 aromatic heterocycles. The molecule has 0 fully saturated rings. The van der Waals surface area contributed by atoms with Gasteiger partial charge in [-0.1, -0.05) is 17.2 Å². The van der Waals surface area contributed by atoms with Crippen LogP contribution in [0.2, 0.25) is 0 Å². The Bertz CT molecular complexity index is 954. The molecule has 8 nitrogen and oxygen atoms in total. The van der Waals surface area contributed by atoms with Gasteiger partial charge in [0.2, 0.25) is 12.7 Å². The van der Waals surface area contributed by atoms with Gasteiger partial charge in [-0.25, -0.2) is 0 Å². The van der Waals surface area contributed by atoms with Gasteiger partial charge in [-0.05, 0) is 35.9 Å². The van der Waals surface area contributed by atoms with Crippen LogP contribution < -0.4 is 19.5 Å². The minimum Gasteiger partial charge on any atom is -0.497 e. The van der Waals surface area contributed by atoms with Crippen molar-refractivity contribution in [2.24, 2.45) is 0 Å². The van der Waals surface area contributed by atoms with Gasteiger partial charge in [-0.2, -0.15) is 0 Å². The summed E-state index contributed by atoms with van der Waals surface area (Å²) in [6, 6.07) is 12.4. The maximum Gasteiger partial charge on any atom is 0.322 e. The minimum atomic E-state index is -0.359. The summed E-state index contributed by atoms with van der Waals surface area (Å²) in [4.78, 5) is 12.3. The van der Waals surface area contributed by atoms with Crippen LogP contribution in [-0.2, 0) is 6.42 Å². The van der Waals surface area contributed by atoms with Gasteiger partial charge in [0.1, 0.15) is 5.75 Å². The lowest BCUT2D eigenvalue weighted by Gasteiger charge is -2.03. The molecule has 26 heavy (non-hydrogen) atoms. The van der Waals surface area contributed by atoms with Crippen LogP contribution in [0, 0.1) is 0 Å². The summed E-state index contributed by atoms with van der Waals surface area (Å²) in [6.45, 7) is 0.222. The van der Waals surface area contributed by atoms with Crippen LogP contribution >= 0.6 is 0 Å². The van der Waals surface area contributed by atoms with E-state index in [-0.39, 0.29) is 18.7 Å². The molecule has 2 aromatic carbocycles. The van der Waals surface area contributed by atoms with Crippen molar-refractivity contribution in [1.29, 1.82) is 0 Å². The Morgan fingerprint density at radius 1 is 1.15 bits per heavy atom. The number of fused-ring (bicyclic) bond motifs is 1. The van der Waals surface area contributed by atoms with E-state index in [0.29, 0.717) is 35.1 Å². The lowest BCUT2D eigenvalue weighted by molar-refractivity contribution is 0.102. The van der Waals surface area contributed by atoms with Crippen molar-refractivity contribution < 1.29 is 23.4 Å². The van der Waals surface area contributed by atoms with Crippen molar-refractivity contribution in [2.75, 3.05) is 19.2 Å². The molecule has 1 aliphatic heterocycles. The third-order valence-corrected chi connectivity index (χ3v) is 3.81. The Morgan fingerprint density at radius 3 is 2.92 bits per heavy atom. The fourth-order valence-electron chi connectivity index (χ4n) is 2.53. The number of carbonyl (C=O) groups excluding carboxylic acids is 1. The molecule has 3 aromatic rings. The van der Waals surface area contributed by atoms with E-state index in [4.69, 9.17) is 18.6 Å². The van der Waals surface area contributed by atoms with Crippen molar-refractivity contribution in [1.82, 2.24) is 10.2 Å². The zero-order chi connectivity index (χ0) is 17.9. The molecular formula is C18H15N3O5. The Hall–Kier alpha value is -3.55. The molecule has 1 amide bonds. The lowest BCUT2D eigenvalue weighted by atomic mass is 10.1. The standard InChI is InChI=1S/C18H15N3O5/c1-23-13-4-2-3-12(9-13)17(22)19-18-21-20-16(26-18)8-11-5-6-14-15(7-11)25-10-24-14/h2-7,9H,8,10H2,1H3,(H,19,21,22). The molecule has 4 rings (SSSR count). The quantitative estimate of drug-likeness (QED) is 0.753. The molecule has 0 radical (unpaired) electrons. The number of hydrogen-bond donors (Lipinski definition) is 1. The number of rotatable bonds is 5. The number of carbonyl (C=O) groups is 1. The monoisotopic (exact) mass is 353 g/mol. The molecule has 0 saturated heterocycles. The van der Waals surface area contributed by atoms with E-state index in [1.807, 2.05) is 18.2 Å². The molecule has 2 heterocycles. The summed E-state index contributed by atoms with van der Waals surface area (Å²) < 4.78 is 21.2. The van der Waals surface area contributed by atoms with Crippen molar-refractivity contribution in [3.63, 3.8) is 0 Å². The fraction of sp³-hybridized carbons (Fsp3) is 0.167. The zero-order valence-electron chi connectivity index (χ0n) is 13.9. The van der Waals surface area contributed by atoms with E-state index in [1.54, 1.807) is 24.3 Å². The van der Waals surface area contributed by atoms with E-state index in [1.165, 1.54) is 7.11 Å². The molecule has 0 atom stereocenters. The highest BCUT2D eigenvalue weighted by atomic mass is 16.7. The number of anilines is 1. The Kier molecular flexibility index (Phi) is 4.14. The van der Waals surface area contributed by atoms with Gasteiger partial charge in [0.15, 0.2) is 11.5 Å². The van der Waals surface area contributed by atoms with Crippen LogP contribution in [0.4, 0.5) is 6.01 Å². The second-order valence-corrected chi connectivity index (χ2v) is 5.55. The first-order valence-corrected chi connectivity index (χ1v) is 7.87. The van der Waals surface area contributed by atoms with Crippen molar-refractivity contribution in [3.8, 4) is 17.2 Å². The second-order valence-electron chi connectivity index (χ2n) is 5.55. The van der Waals surface area contributed by atoms with Crippen LogP contribution in [0.3, 0.4) is 0 Å². The molecule has 0 spiro atoms. The van der Waals surface area contributed by atoms with Crippen LogP contribution in [0.1, 0.15) is 21.8 Å². The van der Waals surface area contributed by atoms with Gasteiger partial charge in [-0.3, -0.25) is 10.1 Å². The molecule has 1 N–H and O–H groups in total. The Labute approximate surface area is 148 Å². The number of nitrogens with zero attached hydrogens (tertiary/aromatic N) is 2. The average Bonchev–Trinajstić information content (AvgIpc) is 3.30. The maximum absolute atomic E-state index is 12.3. The minimum absolute atomic E-state index is 0.0357. The highest BCUT2D eigenvalue weighted by molar-refractivity contribution is 6.03. The van der Waals surface area contributed by atoms with Crippen LogP contribution in [0.25, 0.3) is 0 Å². The Balaban J connectivity index is 1.43. The third kappa shape index (κ3) is 3.30. The van der Waals surface area contributed by atoms with Crippen molar-refractivity contribution in [3.05, 3.63) is 59.5 Å². The lowest BCUT2D eigenvalue weighted by Crippen LogP contribution is -2.12. The van der Waals surface area contributed by atoms with Gasteiger partial charge in [0.05, 0.1) is 13.5 Å². The predicted octanol–water partition coefficient (Wildman–Crippen LogP) is 2.65. The summed E-state index contributed by atoms with van der Waals surface area (Å²) in [6.07, 6.45) is 0.415. The number of hydrogen-bond acceptors (Lipinski definition) is 7. The van der Waals surface area contributed by atoms with Gasteiger partial charge in [0.25, 0.3) is 5.91 Å². The van der Waals surface area contributed by atoms with Gasteiger partial charge in [0, 0.05) is 5.56 Å². The van der Waals surface area contributed by atoms with Gasteiger partial charge >= 0.3 is 6.01 Å². The normalized spacial score (nSPS) is 12.0. The fourth-order valence-corrected chi connectivity index (χ4v) is 2.53. The topological polar surface area (TPSA) is 95.7 Å². The van der Waals surface area contributed by atoms with Crippen LogP contribution in [0.5, 0.6) is 17.2 Å². The van der Waals surface area contributed by atoms with E-state index in [2.05, 4.69) is 15.5 Å². The largest absolute Gasteiger partial charge is 0.497 e. The number of benzene rings is 2. The van der Waals surface area contributed by atoms with E-state index in [9.17, 15) is 4.79 Å². The van der Waals surface area contributed by atoms with E-state index < -0.39 is 0 Å². The third-order valence-electron chi connectivity index (χ3n) is 3.81. The Morgan fingerprint density at radius 2 is 2.04 bits per heavy atom. The molecule has 1 aliphatic rings. The number of amides is 1. The second kappa shape index (κ2) is 6.75. The summed E-state index contributed by atoms with van der Waals surface area (Å²) in [5.41, 5.74) is 1.36. The number of aromatic nitrogens is 2. The van der Waals surface area contributed by atoms with E-state index in [0.717, 1.165) is 5.56 Å². The highest BCUT2D eigenvalue weighted by Gasteiger charge is 2.16. The number of ether oxygens (including phenoxy) is 3. The van der Waals surface area contributed by atoms with Gasteiger partial charge in [-0.15, -0.1) is 5.10 Å². The van der Waals surface area contributed by atoms with Crippen LogP contribution in [0.15, 0.2) is 46.9 Å². The summed E-state index contributed by atoms with van der Waals surface area (Å²) in [7, 11) is 1.54. The van der Waals surface area contributed by atoms with Crippen LogP contribution in [-0.4, -0.2) is 30.0 Å². The average molecular weight is 353 g/mol. The molecule has 132 valence electrons. The summed E-state index contributed by atoms with van der Waals surface area (Å²) in [5.74, 6) is 2.01. The molecule has 0 unspecified atom stereocenters. The first-order chi connectivity index (χ1) is 12.7. The molecule has 0 saturated carbocycles. The van der Waals surface area contributed by atoms with Gasteiger partial charge < -0.3 is 18.6 Å². The zero-order valence-corrected chi connectivity index (χ0v) is 13.9. The first-order valence-electron chi connectivity index (χ1n) is 7.87. The SMILES string of the molecule is COc1cccc(C(=O)Nc2nnc(Cc3ccc4c(c3)OCO4)o2)c1. The maximum atomic E-state index is 12.3. The molecule has 0 bridgehead atoms. The van der Waals surface area contributed by atoms with Crippen molar-refractivity contribution in [2.45, 2.75) is 6.42 Å². The van der Waals surface area contributed by atoms with Crippen molar-refractivity contribution >= 4 is 11.9 Å². The smallest absolute Gasteiger partial charge is 0.322 e. The number of methoxy groups -OCH3 is 1. The molecule has 8 heteroatoms. The predicted molar refractivity (Wildman–Crippen MR) is 90.6 cm³/mol. The highest BCUT2D eigenvalue weighted by Crippen LogP contribution is 2.33. The number of nitrogens with one attached hydrogen (secondary N) is 1.